The number of nitrogens with one attached hydrogen (secondary N) is 1. The molecule has 0 aliphatic heterocycles. The van der Waals surface area contributed by atoms with Gasteiger partial charge < -0.3 is 15.2 Å². The molecule has 1 rings (SSSR count). The largest absolute Gasteiger partial charge is 0.389 e. The quantitative estimate of drug-likeness (QED) is 0.811. The van der Waals surface area contributed by atoms with E-state index in [9.17, 15) is 9.50 Å². The number of aliphatic hydroxyl groups is 1. The molecule has 5 heteroatoms. The van der Waals surface area contributed by atoms with Crippen molar-refractivity contribution >= 4 is 15.9 Å². The van der Waals surface area contributed by atoms with Crippen LogP contribution in [0.5, 0.6) is 0 Å². The Morgan fingerprint density at radius 2 is 2.22 bits per heavy atom. The molecule has 0 fully saturated rings. The predicted octanol–water partition coefficient (Wildman–Crippen LogP) is 2.47. The third kappa shape index (κ3) is 5.44. The van der Waals surface area contributed by atoms with E-state index in [1.807, 2.05) is 6.07 Å². The van der Waals surface area contributed by atoms with Crippen molar-refractivity contribution in [3.8, 4) is 0 Å². The minimum Gasteiger partial charge on any atom is -0.389 e. The standard InChI is InChI=1S/C13H19BrFNO2/c1-13(17,5-6-18-2)9-16-8-10-3-4-11(14)12(15)7-10/h3-4,7,16-17H,5-6,8-9H2,1-2H3. The predicted molar refractivity (Wildman–Crippen MR) is 72.9 cm³/mol. The molecule has 102 valence electrons. The summed E-state index contributed by atoms with van der Waals surface area (Å²) in [5, 5.41) is 13.1. The zero-order chi connectivity index (χ0) is 13.6. The second kappa shape index (κ2) is 7.19. The number of rotatable bonds is 7. The van der Waals surface area contributed by atoms with Crippen LogP contribution in [-0.4, -0.2) is 31.0 Å². The Kier molecular flexibility index (Phi) is 6.21. The van der Waals surface area contributed by atoms with E-state index in [2.05, 4.69) is 21.2 Å². The molecule has 0 spiro atoms. The number of halogens is 2. The topological polar surface area (TPSA) is 41.5 Å². The van der Waals surface area contributed by atoms with Gasteiger partial charge in [0.15, 0.2) is 0 Å². The van der Waals surface area contributed by atoms with Gasteiger partial charge in [0.25, 0.3) is 0 Å². The van der Waals surface area contributed by atoms with Crippen molar-refractivity contribution in [3.63, 3.8) is 0 Å². The molecule has 18 heavy (non-hydrogen) atoms. The number of methoxy groups -OCH3 is 1. The molecule has 0 saturated carbocycles. The molecule has 1 aromatic rings. The Bertz CT molecular complexity index is 385. The van der Waals surface area contributed by atoms with Crippen molar-refractivity contribution < 1.29 is 14.2 Å². The third-order valence-corrected chi connectivity index (χ3v) is 3.31. The molecule has 1 atom stereocenters. The average Bonchev–Trinajstić information content (AvgIpc) is 2.31. The fourth-order valence-electron chi connectivity index (χ4n) is 1.54. The lowest BCUT2D eigenvalue weighted by atomic mass is 10.0. The minimum atomic E-state index is -0.816. The Morgan fingerprint density at radius 1 is 1.50 bits per heavy atom. The molecule has 0 saturated heterocycles. The maximum Gasteiger partial charge on any atom is 0.137 e. The summed E-state index contributed by atoms with van der Waals surface area (Å²) >= 11 is 3.11. The molecule has 0 amide bonds. The summed E-state index contributed by atoms with van der Waals surface area (Å²) in [6.45, 7) is 3.23. The van der Waals surface area contributed by atoms with Gasteiger partial charge in [0.1, 0.15) is 5.82 Å². The van der Waals surface area contributed by atoms with Crippen LogP contribution >= 0.6 is 15.9 Å². The van der Waals surface area contributed by atoms with Crippen LogP contribution in [0.3, 0.4) is 0 Å². The fourth-order valence-corrected chi connectivity index (χ4v) is 1.78. The maximum atomic E-state index is 13.3. The molecule has 0 radical (unpaired) electrons. The van der Waals surface area contributed by atoms with Crippen molar-refractivity contribution in [2.45, 2.75) is 25.5 Å². The van der Waals surface area contributed by atoms with E-state index in [0.717, 1.165) is 5.56 Å². The highest BCUT2D eigenvalue weighted by Gasteiger charge is 2.19. The van der Waals surface area contributed by atoms with Gasteiger partial charge in [0.2, 0.25) is 0 Å². The average molecular weight is 320 g/mol. The van der Waals surface area contributed by atoms with Crippen LogP contribution < -0.4 is 5.32 Å². The van der Waals surface area contributed by atoms with Crippen LogP contribution in [0.4, 0.5) is 4.39 Å². The fraction of sp³-hybridized carbons (Fsp3) is 0.538. The van der Waals surface area contributed by atoms with Gasteiger partial charge in [0.05, 0.1) is 10.1 Å². The van der Waals surface area contributed by atoms with E-state index in [4.69, 9.17) is 4.74 Å². The van der Waals surface area contributed by atoms with E-state index >= 15 is 0 Å². The Balaban J connectivity index is 2.39. The molecule has 0 bridgehead atoms. The third-order valence-electron chi connectivity index (χ3n) is 2.66. The first-order chi connectivity index (χ1) is 8.44. The SMILES string of the molecule is COCCC(C)(O)CNCc1ccc(Br)c(F)c1. The lowest BCUT2D eigenvalue weighted by molar-refractivity contribution is 0.0247. The molecular formula is C13H19BrFNO2. The van der Waals surface area contributed by atoms with Gasteiger partial charge in [-0.15, -0.1) is 0 Å². The summed E-state index contributed by atoms with van der Waals surface area (Å²) in [5.41, 5.74) is 0.0300. The first kappa shape index (κ1) is 15.6. The highest BCUT2D eigenvalue weighted by atomic mass is 79.9. The van der Waals surface area contributed by atoms with E-state index in [-0.39, 0.29) is 5.82 Å². The molecule has 0 heterocycles. The van der Waals surface area contributed by atoms with E-state index in [1.54, 1.807) is 20.1 Å². The molecule has 0 aromatic heterocycles. The summed E-state index contributed by atoms with van der Waals surface area (Å²) in [4.78, 5) is 0. The second-order valence-electron chi connectivity index (χ2n) is 4.59. The molecule has 3 nitrogen and oxygen atoms in total. The zero-order valence-electron chi connectivity index (χ0n) is 10.7. The highest BCUT2D eigenvalue weighted by molar-refractivity contribution is 9.10. The first-order valence-corrected chi connectivity index (χ1v) is 6.60. The number of benzene rings is 1. The Morgan fingerprint density at radius 3 is 2.83 bits per heavy atom. The maximum absolute atomic E-state index is 13.3. The van der Waals surface area contributed by atoms with Crippen molar-refractivity contribution in [1.29, 1.82) is 0 Å². The van der Waals surface area contributed by atoms with Crippen LogP contribution in [0.15, 0.2) is 22.7 Å². The van der Waals surface area contributed by atoms with Gasteiger partial charge >= 0.3 is 0 Å². The van der Waals surface area contributed by atoms with Gasteiger partial charge in [-0.3, -0.25) is 0 Å². The first-order valence-electron chi connectivity index (χ1n) is 5.80. The van der Waals surface area contributed by atoms with Crippen LogP contribution in [0.25, 0.3) is 0 Å². The summed E-state index contributed by atoms with van der Waals surface area (Å²) < 4.78 is 18.7. The normalized spacial score (nSPS) is 14.5. The van der Waals surface area contributed by atoms with Crippen molar-refractivity contribution in [2.75, 3.05) is 20.3 Å². The van der Waals surface area contributed by atoms with Crippen molar-refractivity contribution in [2.24, 2.45) is 0 Å². The van der Waals surface area contributed by atoms with E-state index in [1.165, 1.54) is 6.07 Å². The number of ether oxygens (including phenoxy) is 1. The smallest absolute Gasteiger partial charge is 0.137 e. The summed E-state index contributed by atoms with van der Waals surface area (Å²) in [6.07, 6.45) is 0.561. The number of hydrogen-bond donors (Lipinski definition) is 2. The zero-order valence-corrected chi connectivity index (χ0v) is 12.3. The Hall–Kier alpha value is -0.490. The van der Waals surface area contributed by atoms with Crippen molar-refractivity contribution in [3.05, 3.63) is 34.1 Å². The molecule has 0 aliphatic rings. The van der Waals surface area contributed by atoms with Gasteiger partial charge in [-0.05, 0) is 40.5 Å². The number of hydrogen-bond acceptors (Lipinski definition) is 3. The van der Waals surface area contributed by atoms with Crippen molar-refractivity contribution in [1.82, 2.24) is 5.32 Å². The molecular weight excluding hydrogens is 301 g/mol. The van der Waals surface area contributed by atoms with Crippen LogP contribution in [0.1, 0.15) is 18.9 Å². The minimum absolute atomic E-state index is 0.277. The Labute approximate surface area is 115 Å². The van der Waals surface area contributed by atoms with Gasteiger partial charge in [-0.25, -0.2) is 4.39 Å². The van der Waals surface area contributed by atoms with Gasteiger partial charge in [0, 0.05) is 33.2 Å². The lowest BCUT2D eigenvalue weighted by Gasteiger charge is -2.23. The monoisotopic (exact) mass is 319 g/mol. The summed E-state index contributed by atoms with van der Waals surface area (Å²) in [5.74, 6) is -0.277. The van der Waals surface area contributed by atoms with Gasteiger partial charge in [-0.1, -0.05) is 6.07 Å². The highest BCUT2D eigenvalue weighted by Crippen LogP contribution is 2.16. The lowest BCUT2D eigenvalue weighted by Crippen LogP contribution is -2.38. The van der Waals surface area contributed by atoms with E-state index < -0.39 is 5.60 Å². The van der Waals surface area contributed by atoms with Gasteiger partial charge in [-0.2, -0.15) is 0 Å². The molecule has 1 unspecified atom stereocenters. The second-order valence-corrected chi connectivity index (χ2v) is 5.45. The molecule has 1 aromatic carbocycles. The molecule has 0 aliphatic carbocycles. The van der Waals surface area contributed by atoms with Crippen LogP contribution in [-0.2, 0) is 11.3 Å². The summed E-state index contributed by atoms with van der Waals surface area (Å²) in [7, 11) is 1.61. The summed E-state index contributed by atoms with van der Waals surface area (Å²) in [6, 6.07) is 4.99. The molecule has 2 N–H and O–H groups in total. The van der Waals surface area contributed by atoms with Crippen LogP contribution in [0, 0.1) is 5.82 Å². The van der Waals surface area contributed by atoms with E-state index in [0.29, 0.717) is 30.6 Å². The van der Waals surface area contributed by atoms with Crippen LogP contribution in [0.2, 0.25) is 0 Å².